The molecule has 8 heteroatoms. The van der Waals surface area contributed by atoms with Crippen LogP contribution in [0.2, 0.25) is 0 Å². The number of anilines is 2. The van der Waals surface area contributed by atoms with Gasteiger partial charge in [0.25, 0.3) is 5.91 Å². The molecule has 140 valence electrons. The van der Waals surface area contributed by atoms with Gasteiger partial charge in [0.15, 0.2) is 6.10 Å². The van der Waals surface area contributed by atoms with Crippen LogP contribution in [0.3, 0.4) is 0 Å². The largest absolute Gasteiger partial charge is 0.493 e. The fraction of sp³-hybridized carbons (Fsp3) is 0.444. The Bertz CT molecular complexity index is 667. The number of nitrogens with zero attached hydrogens (tertiary/aromatic N) is 1. The number of morpholine rings is 1. The van der Waals surface area contributed by atoms with E-state index >= 15 is 0 Å². The minimum atomic E-state index is -0.965. The SMILES string of the molecule is C[C@H](OC(=O)C1=COCCO1)C(=O)Nc1ccc(N2CCOCC2)cc1. The molecule has 3 rings (SSSR count). The second-order valence-electron chi connectivity index (χ2n) is 5.88. The van der Waals surface area contributed by atoms with Crippen LogP contribution in [-0.2, 0) is 28.5 Å². The Labute approximate surface area is 151 Å². The van der Waals surface area contributed by atoms with Crippen molar-refractivity contribution in [2.75, 3.05) is 49.7 Å². The second-order valence-corrected chi connectivity index (χ2v) is 5.88. The second kappa shape index (κ2) is 8.57. The summed E-state index contributed by atoms with van der Waals surface area (Å²) in [6.07, 6.45) is 0.230. The summed E-state index contributed by atoms with van der Waals surface area (Å²) in [5, 5.41) is 2.73. The van der Waals surface area contributed by atoms with E-state index in [1.807, 2.05) is 24.3 Å². The average Bonchev–Trinajstić information content (AvgIpc) is 2.70. The summed E-state index contributed by atoms with van der Waals surface area (Å²) in [5.74, 6) is -1.18. The molecule has 1 saturated heterocycles. The molecule has 0 radical (unpaired) electrons. The fourth-order valence-electron chi connectivity index (χ4n) is 2.57. The van der Waals surface area contributed by atoms with Gasteiger partial charge in [-0.05, 0) is 31.2 Å². The maximum atomic E-state index is 12.2. The zero-order valence-electron chi connectivity index (χ0n) is 14.6. The van der Waals surface area contributed by atoms with Crippen molar-refractivity contribution < 1.29 is 28.5 Å². The van der Waals surface area contributed by atoms with Crippen LogP contribution in [0.25, 0.3) is 0 Å². The first kappa shape index (κ1) is 18.1. The molecular formula is C18H22N2O6. The number of rotatable bonds is 5. The Morgan fingerprint density at radius 2 is 1.85 bits per heavy atom. The quantitative estimate of drug-likeness (QED) is 0.790. The number of nitrogens with one attached hydrogen (secondary N) is 1. The molecule has 2 aliphatic heterocycles. The van der Waals surface area contributed by atoms with Gasteiger partial charge in [-0.2, -0.15) is 0 Å². The summed E-state index contributed by atoms with van der Waals surface area (Å²) < 4.78 is 20.6. The molecule has 8 nitrogen and oxygen atoms in total. The lowest BCUT2D eigenvalue weighted by Crippen LogP contribution is -2.36. The van der Waals surface area contributed by atoms with Crippen molar-refractivity contribution in [3.63, 3.8) is 0 Å². The lowest BCUT2D eigenvalue weighted by molar-refractivity contribution is -0.153. The lowest BCUT2D eigenvalue weighted by atomic mass is 10.2. The fourth-order valence-corrected chi connectivity index (χ4v) is 2.57. The number of benzene rings is 1. The first-order valence-corrected chi connectivity index (χ1v) is 8.52. The smallest absolute Gasteiger partial charge is 0.377 e. The molecule has 1 fully saturated rings. The Hall–Kier alpha value is -2.74. The van der Waals surface area contributed by atoms with Gasteiger partial charge in [-0.1, -0.05) is 0 Å². The molecule has 1 aromatic carbocycles. The van der Waals surface area contributed by atoms with E-state index in [-0.39, 0.29) is 12.4 Å². The van der Waals surface area contributed by atoms with Crippen LogP contribution in [-0.4, -0.2) is 57.5 Å². The molecule has 1 N–H and O–H groups in total. The third kappa shape index (κ3) is 4.66. The van der Waals surface area contributed by atoms with Gasteiger partial charge in [0.1, 0.15) is 19.5 Å². The Morgan fingerprint density at radius 3 is 2.50 bits per heavy atom. The standard InChI is InChI=1S/C18H22N2O6/c1-13(26-18(22)16-12-24-10-11-25-16)17(21)19-14-2-4-15(5-3-14)20-6-8-23-9-7-20/h2-5,12-13H,6-11H2,1H3,(H,19,21)/t13-/m0/s1. The van der Waals surface area contributed by atoms with Crippen LogP contribution in [0.1, 0.15) is 6.92 Å². The number of esters is 1. The zero-order chi connectivity index (χ0) is 18.4. The van der Waals surface area contributed by atoms with Crippen LogP contribution in [0.15, 0.2) is 36.3 Å². The maximum absolute atomic E-state index is 12.2. The average molecular weight is 362 g/mol. The normalized spacial score (nSPS) is 18.0. The molecule has 0 aliphatic carbocycles. The van der Waals surface area contributed by atoms with Crippen molar-refractivity contribution in [1.82, 2.24) is 0 Å². The van der Waals surface area contributed by atoms with E-state index in [1.165, 1.54) is 13.2 Å². The summed E-state index contributed by atoms with van der Waals surface area (Å²) in [7, 11) is 0. The van der Waals surface area contributed by atoms with Crippen LogP contribution in [0, 0.1) is 0 Å². The summed E-state index contributed by atoms with van der Waals surface area (Å²) in [4.78, 5) is 26.3. The van der Waals surface area contributed by atoms with Crippen LogP contribution < -0.4 is 10.2 Å². The highest BCUT2D eigenvalue weighted by Gasteiger charge is 2.23. The van der Waals surface area contributed by atoms with Gasteiger partial charge in [0.2, 0.25) is 5.76 Å². The predicted octanol–water partition coefficient (Wildman–Crippen LogP) is 1.28. The van der Waals surface area contributed by atoms with E-state index in [4.69, 9.17) is 18.9 Å². The minimum absolute atomic E-state index is 0.0363. The number of hydrogen-bond acceptors (Lipinski definition) is 7. The number of ether oxygens (including phenoxy) is 4. The third-order valence-electron chi connectivity index (χ3n) is 4.01. The topological polar surface area (TPSA) is 86.3 Å². The van der Waals surface area contributed by atoms with E-state index < -0.39 is 18.0 Å². The molecule has 2 heterocycles. The summed E-state index contributed by atoms with van der Waals surface area (Å²) in [6, 6.07) is 7.51. The lowest BCUT2D eigenvalue weighted by Gasteiger charge is -2.28. The van der Waals surface area contributed by atoms with Crippen molar-refractivity contribution in [1.29, 1.82) is 0 Å². The number of carbonyl (C=O) groups excluding carboxylic acids is 2. The number of hydrogen-bond donors (Lipinski definition) is 1. The Morgan fingerprint density at radius 1 is 1.12 bits per heavy atom. The van der Waals surface area contributed by atoms with Crippen LogP contribution >= 0.6 is 0 Å². The van der Waals surface area contributed by atoms with Crippen molar-refractivity contribution in [2.24, 2.45) is 0 Å². The van der Waals surface area contributed by atoms with E-state index in [9.17, 15) is 9.59 Å². The highest BCUT2D eigenvalue weighted by molar-refractivity contribution is 5.96. The van der Waals surface area contributed by atoms with Gasteiger partial charge in [0.05, 0.1) is 13.2 Å². The van der Waals surface area contributed by atoms with Crippen LogP contribution in [0.5, 0.6) is 0 Å². The minimum Gasteiger partial charge on any atom is -0.493 e. The van der Waals surface area contributed by atoms with Gasteiger partial charge >= 0.3 is 5.97 Å². The maximum Gasteiger partial charge on any atom is 0.377 e. The van der Waals surface area contributed by atoms with Gasteiger partial charge in [-0.25, -0.2) is 4.79 Å². The number of carbonyl (C=O) groups is 2. The van der Waals surface area contributed by atoms with Crippen molar-refractivity contribution in [2.45, 2.75) is 13.0 Å². The Kier molecular flexibility index (Phi) is 5.96. The van der Waals surface area contributed by atoms with Crippen molar-refractivity contribution >= 4 is 23.3 Å². The summed E-state index contributed by atoms with van der Waals surface area (Å²) in [5.41, 5.74) is 1.71. The van der Waals surface area contributed by atoms with Gasteiger partial charge in [0, 0.05) is 24.5 Å². The number of amides is 1. The monoisotopic (exact) mass is 362 g/mol. The molecule has 0 spiro atoms. The first-order valence-electron chi connectivity index (χ1n) is 8.52. The molecule has 2 aliphatic rings. The van der Waals surface area contributed by atoms with E-state index in [2.05, 4.69) is 10.2 Å². The predicted molar refractivity (Wildman–Crippen MR) is 93.6 cm³/mol. The highest BCUT2D eigenvalue weighted by atomic mass is 16.6. The van der Waals surface area contributed by atoms with E-state index in [0.29, 0.717) is 25.5 Å². The molecule has 0 unspecified atom stereocenters. The molecular weight excluding hydrogens is 340 g/mol. The van der Waals surface area contributed by atoms with Crippen LogP contribution in [0.4, 0.5) is 11.4 Å². The zero-order valence-corrected chi connectivity index (χ0v) is 14.6. The van der Waals surface area contributed by atoms with Gasteiger partial charge in [-0.15, -0.1) is 0 Å². The van der Waals surface area contributed by atoms with Crippen molar-refractivity contribution in [3.8, 4) is 0 Å². The molecule has 26 heavy (non-hydrogen) atoms. The van der Waals surface area contributed by atoms with E-state index in [1.54, 1.807) is 0 Å². The molecule has 1 amide bonds. The molecule has 1 aromatic rings. The van der Waals surface area contributed by atoms with Gasteiger partial charge in [-0.3, -0.25) is 4.79 Å². The van der Waals surface area contributed by atoms with Crippen molar-refractivity contribution in [3.05, 3.63) is 36.3 Å². The molecule has 1 atom stereocenters. The van der Waals surface area contributed by atoms with Gasteiger partial charge < -0.3 is 29.2 Å². The molecule has 0 saturated carbocycles. The molecule has 0 bridgehead atoms. The molecule has 0 aromatic heterocycles. The summed E-state index contributed by atoms with van der Waals surface area (Å²) >= 11 is 0. The first-order chi connectivity index (χ1) is 12.6. The highest BCUT2D eigenvalue weighted by Crippen LogP contribution is 2.19. The summed E-state index contributed by atoms with van der Waals surface area (Å²) in [6.45, 7) is 5.28. The van der Waals surface area contributed by atoms with E-state index in [0.717, 1.165) is 18.8 Å². The third-order valence-corrected chi connectivity index (χ3v) is 4.01. The Balaban J connectivity index is 1.51.